The summed E-state index contributed by atoms with van der Waals surface area (Å²) in [6.45, 7) is 7.75. The number of rotatable bonds is 5. The Labute approximate surface area is 150 Å². The maximum atomic E-state index is 12.7. The highest BCUT2D eigenvalue weighted by atomic mass is 35.5. The Kier molecular flexibility index (Phi) is 4.76. The van der Waals surface area contributed by atoms with E-state index in [1.165, 1.54) is 0 Å². The zero-order valence-electron chi connectivity index (χ0n) is 14.6. The van der Waals surface area contributed by atoms with Crippen LogP contribution in [-0.4, -0.2) is 25.4 Å². The molecule has 0 spiro atoms. The molecule has 25 heavy (non-hydrogen) atoms. The Bertz CT molecular complexity index is 915. The predicted octanol–water partition coefficient (Wildman–Crippen LogP) is 3.37. The molecule has 1 atom stereocenters. The third kappa shape index (κ3) is 3.66. The van der Waals surface area contributed by atoms with Crippen LogP contribution in [0.15, 0.2) is 22.9 Å². The van der Waals surface area contributed by atoms with Crippen molar-refractivity contribution in [2.45, 2.75) is 40.2 Å². The van der Waals surface area contributed by atoms with Crippen LogP contribution in [0.25, 0.3) is 5.65 Å². The van der Waals surface area contributed by atoms with E-state index in [0.29, 0.717) is 39.7 Å². The van der Waals surface area contributed by atoms with Gasteiger partial charge in [-0.05, 0) is 31.9 Å². The highest BCUT2D eigenvalue weighted by molar-refractivity contribution is 6.30. The molecule has 0 aliphatic carbocycles. The summed E-state index contributed by atoms with van der Waals surface area (Å²) in [5, 5.41) is 7.36. The number of pyridine rings is 1. The Morgan fingerprint density at radius 3 is 2.80 bits per heavy atom. The minimum atomic E-state index is -0.412. The molecule has 3 aromatic heterocycles. The van der Waals surface area contributed by atoms with Crippen molar-refractivity contribution in [2.75, 3.05) is 0 Å². The second kappa shape index (κ2) is 6.84. The van der Waals surface area contributed by atoms with Gasteiger partial charge in [0, 0.05) is 12.6 Å². The zero-order chi connectivity index (χ0) is 18.1. The molecule has 7 nitrogen and oxygen atoms in total. The van der Waals surface area contributed by atoms with E-state index in [-0.39, 0.29) is 5.91 Å². The number of carbonyl (C=O) groups excluding carboxylic acids is 1. The number of imidazole rings is 1. The first-order valence-corrected chi connectivity index (χ1v) is 8.50. The minimum absolute atomic E-state index is 0.275. The molecule has 1 N–H and O–H groups in total. The fourth-order valence-corrected chi connectivity index (χ4v) is 2.79. The van der Waals surface area contributed by atoms with Crippen LogP contribution < -0.4 is 5.32 Å². The molecule has 0 unspecified atom stereocenters. The van der Waals surface area contributed by atoms with E-state index in [9.17, 15) is 4.79 Å². The lowest BCUT2D eigenvalue weighted by atomic mass is 10.1. The van der Waals surface area contributed by atoms with Crippen molar-refractivity contribution in [1.82, 2.24) is 24.8 Å². The number of aromatic nitrogens is 4. The number of nitrogens with one attached hydrogen (secondary N) is 1. The highest BCUT2D eigenvalue weighted by Crippen LogP contribution is 2.18. The third-order valence-electron chi connectivity index (χ3n) is 3.76. The molecule has 3 aromatic rings. The summed E-state index contributed by atoms with van der Waals surface area (Å²) in [5.74, 6) is 1.18. The molecule has 0 aromatic carbocycles. The largest absolute Gasteiger partial charge is 0.339 e. The highest BCUT2D eigenvalue weighted by Gasteiger charge is 2.22. The van der Waals surface area contributed by atoms with Crippen LogP contribution in [0.1, 0.15) is 54.7 Å². The standard InChI is InChI=1S/C17H20ClN5O2/c1-9(2)7-13-21-17(25-22-13)11(4)20-16(24)15-10(3)19-14-6-5-12(18)8-23(14)15/h5-6,8-9,11H,7H2,1-4H3,(H,20,24)/t11-/m1/s1. The summed E-state index contributed by atoms with van der Waals surface area (Å²) >= 11 is 6.04. The van der Waals surface area contributed by atoms with Gasteiger partial charge in [-0.15, -0.1) is 0 Å². The number of hydrogen-bond acceptors (Lipinski definition) is 5. The summed E-state index contributed by atoms with van der Waals surface area (Å²) in [5.41, 5.74) is 1.72. The summed E-state index contributed by atoms with van der Waals surface area (Å²) in [4.78, 5) is 21.4. The van der Waals surface area contributed by atoms with Crippen molar-refractivity contribution in [2.24, 2.45) is 5.92 Å². The van der Waals surface area contributed by atoms with Gasteiger partial charge in [-0.1, -0.05) is 30.6 Å². The fraction of sp³-hybridized carbons (Fsp3) is 0.412. The Hall–Kier alpha value is -2.41. The van der Waals surface area contributed by atoms with Gasteiger partial charge in [-0.3, -0.25) is 9.20 Å². The molecule has 0 saturated carbocycles. The van der Waals surface area contributed by atoms with Crippen LogP contribution in [0.4, 0.5) is 0 Å². The number of fused-ring (bicyclic) bond motifs is 1. The molecule has 0 aliphatic heterocycles. The summed E-state index contributed by atoms with van der Waals surface area (Å²) in [6.07, 6.45) is 2.40. The smallest absolute Gasteiger partial charge is 0.270 e. The Morgan fingerprint density at radius 1 is 1.32 bits per heavy atom. The number of nitrogens with zero attached hydrogens (tertiary/aromatic N) is 4. The monoisotopic (exact) mass is 361 g/mol. The Morgan fingerprint density at radius 2 is 2.08 bits per heavy atom. The zero-order valence-corrected chi connectivity index (χ0v) is 15.3. The molecule has 3 heterocycles. The lowest BCUT2D eigenvalue weighted by molar-refractivity contribution is 0.0926. The summed E-state index contributed by atoms with van der Waals surface area (Å²) in [7, 11) is 0. The topological polar surface area (TPSA) is 85.3 Å². The van der Waals surface area contributed by atoms with Crippen LogP contribution in [-0.2, 0) is 6.42 Å². The van der Waals surface area contributed by atoms with Crippen molar-refractivity contribution in [3.63, 3.8) is 0 Å². The van der Waals surface area contributed by atoms with Gasteiger partial charge >= 0.3 is 0 Å². The quantitative estimate of drug-likeness (QED) is 0.753. The van der Waals surface area contributed by atoms with Crippen molar-refractivity contribution in [3.05, 3.63) is 46.5 Å². The summed E-state index contributed by atoms with van der Waals surface area (Å²) < 4.78 is 6.94. The molecule has 0 fully saturated rings. The third-order valence-corrected chi connectivity index (χ3v) is 3.99. The molecule has 8 heteroatoms. The van der Waals surface area contributed by atoms with Gasteiger partial charge in [0.2, 0.25) is 5.89 Å². The number of halogens is 1. The van der Waals surface area contributed by atoms with E-state index in [4.69, 9.17) is 16.1 Å². The van der Waals surface area contributed by atoms with Crippen LogP contribution in [0.5, 0.6) is 0 Å². The molecule has 0 radical (unpaired) electrons. The van der Waals surface area contributed by atoms with Crippen molar-refractivity contribution in [3.8, 4) is 0 Å². The summed E-state index contributed by atoms with van der Waals surface area (Å²) in [6, 6.07) is 3.10. The van der Waals surface area contributed by atoms with Gasteiger partial charge in [0.15, 0.2) is 5.82 Å². The predicted molar refractivity (Wildman–Crippen MR) is 93.7 cm³/mol. The molecule has 0 bridgehead atoms. The molecular weight excluding hydrogens is 342 g/mol. The Balaban J connectivity index is 1.81. The lowest BCUT2D eigenvalue weighted by Gasteiger charge is -2.10. The lowest BCUT2D eigenvalue weighted by Crippen LogP contribution is -2.28. The van der Waals surface area contributed by atoms with E-state index >= 15 is 0 Å². The average Bonchev–Trinajstić information content (AvgIpc) is 3.10. The van der Waals surface area contributed by atoms with Crippen molar-refractivity contribution >= 4 is 23.2 Å². The number of amides is 1. The van der Waals surface area contributed by atoms with Crippen LogP contribution in [0, 0.1) is 12.8 Å². The van der Waals surface area contributed by atoms with Gasteiger partial charge < -0.3 is 9.84 Å². The molecule has 132 valence electrons. The molecule has 0 saturated heterocycles. The van der Waals surface area contributed by atoms with Crippen molar-refractivity contribution in [1.29, 1.82) is 0 Å². The van der Waals surface area contributed by atoms with Crippen LogP contribution in [0.3, 0.4) is 0 Å². The number of carbonyl (C=O) groups is 1. The molecule has 0 aliphatic rings. The van der Waals surface area contributed by atoms with Gasteiger partial charge in [0.05, 0.1) is 10.7 Å². The number of aryl methyl sites for hydroxylation is 1. The van der Waals surface area contributed by atoms with E-state index in [0.717, 1.165) is 6.42 Å². The molecular formula is C17H20ClN5O2. The van der Waals surface area contributed by atoms with Gasteiger partial charge in [-0.2, -0.15) is 4.98 Å². The first-order valence-electron chi connectivity index (χ1n) is 8.12. The van der Waals surface area contributed by atoms with Gasteiger partial charge in [0.1, 0.15) is 17.4 Å². The second-order valence-electron chi connectivity index (χ2n) is 6.46. The van der Waals surface area contributed by atoms with E-state index in [1.54, 1.807) is 36.6 Å². The number of hydrogen-bond donors (Lipinski definition) is 1. The molecule has 3 rings (SSSR count). The van der Waals surface area contributed by atoms with Crippen LogP contribution >= 0.6 is 11.6 Å². The van der Waals surface area contributed by atoms with E-state index in [2.05, 4.69) is 34.3 Å². The molecule has 1 amide bonds. The van der Waals surface area contributed by atoms with Gasteiger partial charge in [-0.25, -0.2) is 4.98 Å². The second-order valence-corrected chi connectivity index (χ2v) is 6.90. The fourth-order valence-electron chi connectivity index (χ4n) is 2.63. The minimum Gasteiger partial charge on any atom is -0.339 e. The van der Waals surface area contributed by atoms with E-state index < -0.39 is 6.04 Å². The maximum absolute atomic E-state index is 12.7. The van der Waals surface area contributed by atoms with Crippen molar-refractivity contribution < 1.29 is 9.32 Å². The van der Waals surface area contributed by atoms with Gasteiger partial charge in [0.25, 0.3) is 5.91 Å². The first-order chi connectivity index (χ1) is 11.8. The van der Waals surface area contributed by atoms with Crippen LogP contribution in [0.2, 0.25) is 5.02 Å². The average molecular weight is 362 g/mol. The normalized spacial score (nSPS) is 12.7. The van der Waals surface area contributed by atoms with E-state index in [1.807, 2.05) is 0 Å². The first kappa shape index (κ1) is 17.4. The maximum Gasteiger partial charge on any atom is 0.270 e. The SMILES string of the molecule is Cc1nc2ccc(Cl)cn2c1C(=O)N[C@H](C)c1nc(CC(C)C)no1.